The summed E-state index contributed by atoms with van der Waals surface area (Å²) in [6, 6.07) is 7.12. The van der Waals surface area contributed by atoms with Crippen molar-refractivity contribution in [2.45, 2.75) is 32.4 Å². The average molecular weight is 176 g/mol. The maximum atomic E-state index is 6.05. The van der Waals surface area contributed by atoms with Crippen molar-refractivity contribution in [3.05, 3.63) is 29.3 Å². The zero-order valence-corrected chi connectivity index (χ0v) is 8.17. The van der Waals surface area contributed by atoms with E-state index in [0.29, 0.717) is 6.04 Å². The number of anilines is 1. The predicted octanol–water partition coefficient (Wildman–Crippen LogP) is 2.20. The molecule has 2 atom stereocenters. The highest BCUT2D eigenvalue weighted by Crippen LogP contribution is 2.31. The van der Waals surface area contributed by atoms with E-state index in [4.69, 9.17) is 5.73 Å². The molecule has 0 radical (unpaired) electrons. The van der Waals surface area contributed by atoms with Gasteiger partial charge in [-0.15, -0.1) is 0 Å². The van der Waals surface area contributed by atoms with Gasteiger partial charge in [0.2, 0.25) is 0 Å². The number of nitrogens with two attached hydrogens (primary N) is 1. The molecule has 0 spiro atoms. The molecule has 1 heterocycles. The van der Waals surface area contributed by atoms with Crippen LogP contribution in [0.4, 0.5) is 5.69 Å². The molecule has 0 amide bonds. The van der Waals surface area contributed by atoms with Crippen molar-refractivity contribution in [3.8, 4) is 0 Å². The standard InChI is InChI=1S/C11H16N2/c1-7-3-4-9-10(12)6-8(2)13-11(9)5-7/h3-5,8,10,13H,6,12H2,1-2H3. The van der Waals surface area contributed by atoms with Crippen LogP contribution in [0.25, 0.3) is 0 Å². The van der Waals surface area contributed by atoms with Gasteiger partial charge in [0, 0.05) is 17.8 Å². The lowest BCUT2D eigenvalue weighted by molar-refractivity contribution is 0.570. The Balaban J connectivity index is 2.43. The third kappa shape index (κ3) is 1.54. The second kappa shape index (κ2) is 3.04. The van der Waals surface area contributed by atoms with Crippen molar-refractivity contribution in [2.75, 3.05) is 5.32 Å². The molecule has 3 N–H and O–H groups in total. The first kappa shape index (κ1) is 8.57. The van der Waals surface area contributed by atoms with Crippen LogP contribution in [-0.4, -0.2) is 6.04 Å². The van der Waals surface area contributed by atoms with Crippen LogP contribution in [0.1, 0.15) is 30.5 Å². The van der Waals surface area contributed by atoms with Crippen LogP contribution in [0.15, 0.2) is 18.2 Å². The molecule has 0 fully saturated rings. The molecule has 1 aliphatic rings. The maximum absolute atomic E-state index is 6.05. The normalized spacial score (nSPS) is 26.4. The van der Waals surface area contributed by atoms with Gasteiger partial charge in [-0.3, -0.25) is 0 Å². The minimum Gasteiger partial charge on any atom is -0.382 e. The third-order valence-electron chi connectivity index (χ3n) is 2.62. The quantitative estimate of drug-likeness (QED) is 0.636. The van der Waals surface area contributed by atoms with Crippen molar-refractivity contribution in [2.24, 2.45) is 5.73 Å². The second-order valence-corrected chi connectivity index (χ2v) is 3.98. The lowest BCUT2D eigenvalue weighted by atomic mass is 9.93. The summed E-state index contributed by atoms with van der Waals surface area (Å²) in [5.41, 5.74) is 9.80. The van der Waals surface area contributed by atoms with Crippen molar-refractivity contribution in [1.29, 1.82) is 0 Å². The zero-order chi connectivity index (χ0) is 9.42. The molecule has 70 valence electrons. The minimum atomic E-state index is 0.201. The fourth-order valence-corrected chi connectivity index (χ4v) is 1.95. The Kier molecular flexibility index (Phi) is 2.00. The molecule has 2 unspecified atom stereocenters. The number of nitrogens with one attached hydrogen (secondary N) is 1. The molecule has 1 aromatic carbocycles. The number of hydrogen-bond acceptors (Lipinski definition) is 2. The molecule has 0 bridgehead atoms. The smallest absolute Gasteiger partial charge is 0.0393 e. The van der Waals surface area contributed by atoms with Crippen LogP contribution in [0.3, 0.4) is 0 Å². The van der Waals surface area contributed by atoms with E-state index in [1.165, 1.54) is 16.8 Å². The lowest BCUT2D eigenvalue weighted by Crippen LogP contribution is -2.29. The fraction of sp³-hybridized carbons (Fsp3) is 0.455. The second-order valence-electron chi connectivity index (χ2n) is 3.98. The van der Waals surface area contributed by atoms with Crippen LogP contribution in [0, 0.1) is 6.92 Å². The van der Waals surface area contributed by atoms with Gasteiger partial charge >= 0.3 is 0 Å². The predicted molar refractivity (Wildman–Crippen MR) is 55.8 cm³/mol. The van der Waals surface area contributed by atoms with E-state index in [-0.39, 0.29) is 6.04 Å². The van der Waals surface area contributed by atoms with Gasteiger partial charge in [0.25, 0.3) is 0 Å². The van der Waals surface area contributed by atoms with E-state index in [9.17, 15) is 0 Å². The Morgan fingerprint density at radius 1 is 1.46 bits per heavy atom. The van der Waals surface area contributed by atoms with Crippen LogP contribution in [-0.2, 0) is 0 Å². The summed E-state index contributed by atoms with van der Waals surface area (Å²) in [6.07, 6.45) is 1.02. The lowest BCUT2D eigenvalue weighted by Gasteiger charge is -2.29. The zero-order valence-electron chi connectivity index (χ0n) is 8.17. The van der Waals surface area contributed by atoms with Crippen molar-refractivity contribution < 1.29 is 0 Å². The van der Waals surface area contributed by atoms with Gasteiger partial charge in [-0.1, -0.05) is 12.1 Å². The molecular formula is C11H16N2. The van der Waals surface area contributed by atoms with Crippen LogP contribution >= 0.6 is 0 Å². The molecule has 0 saturated carbocycles. The van der Waals surface area contributed by atoms with Crippen molar-refractivity contribution in [1.82, 2.24) is 0 Å². The molecule has 2 heteroatoms. The summed E-state index contributed by atoms with van der Waals surface area (Å²) in [5, 5.41) is 3.45. The maximum Gasteiger partial charge on any atom is 0.0393 e. The largest absolute Gasteiger partial charge is 0.382 e. The Hall–Kier alpha value is -1.02. The number of rotatable bonds is 0. The summed E-state index contributed by atoms with van der Waals surface area (Å²) in [7, 11) is 0. The molecular weight excluding hydrogens is 160 g/mol. The first-order valence-electron chi connectivity index (χ1n) is 4.79. The van der Waals surface area contributed by atoms with Crippen molar-refractivity contribution >= 4 is 5.69 Å². The first-order chi connectivity index (χ1) is 6.16. The van der Waals surface area contributed by atoms with E-state index >= 15 is 0 Å². The van der Waals surface area contributed by atoms with Gasteiger partial charge in [0.05, 0.1) is 0 Å². The summed E-state index contributed by atoms with van der Waals surface area (Å²) in [5.74, 6) is 0. The summed E-state index contributed by atoms with van der Waals surface area (Å²) in [6.45, 7) is 4.28. The average Bonchev–Trinajstić information content (AvgIpc) is 2.02. The molecule has 0 aliphatic carbocycles. The molecule has 1 aromatic rings. The first-order valence-corrected chi connectivity index (χ1v) is 4.79. The Morgan fingerprint density at radius 2 is 2.23 bits per heavy atom. The van der Waals surface area contributed by atoms with Crippen molar-refractivity contribution in [3.63, 3.8) is 0 Å². The van der Waals surface area contributed by atoms with Crippen LogP contribution < -0.4 is 11.1 Å². The molecule has 13 heavy (non-hydrogen) atoms. The highest BCUT2D eigenvalue weighted by atomic mass is 14.9. The van der Waals surface area contributed by atoms with E-state index in [2.05, 4.69) is 37.4 Å². The Bertz CT molecular complexity index is 320. The summed E-state index contributed by atoms with van der Waals surface area (Å²) < 4.78 is 0. The molecule has 0 saturated heterocycles. The van der Waals surface area contributed by atoms with Crippen LogP contribution in [0.5, 0.6) is 0 Å². The molecule has 2 rings (SSSR count). The molecule has 2 nitrogen and oxygen atoms in total. The highest BCUT2D eigenvalue weighted by Gasteiger charge is 2.20. The molecule has 0 aromatic heterocycles. The van der Waals surface area contributed by atoms with Gasteiger partial charge < -0.3 is 11.1 Å². The van der Waals surface area contributed by atoms with E-state index in [0.717, 1.165) is 6.42 Å². The monoisotopic (exact) mass is 176 g/mol. The minimum absolute atomic E-state index is 0.201. The third-order valence-corrected chi connectivity index (χ3v) is 2.62. The molecule has 1 aliphatic heterocycles. The van der Waals surface area contributed by atoms with E-state index in [1.807, 2.05) is 0 Å². The topological polar surface area (TPSA) is 38.0 Å². The number of hydrogen-bond donors (Lipinski definition) is 2. The Morgan fingerprint density at radius 3 is 3.00 bits per heavy atom. The van der Waals surface area contributed by atoms with Gasteiger partial charge in [-0.25, -0.2) is 0 Å². The van der Waals surface area contributed by atoms with Gasteiger partial charge in [0.1, 0.15) is 0 Å². The summed E-state index contributed by atoms with van der Waals surface area (Å²) in [4.78, 5) is 0. The van der Waals surface area contributed by atoms with Crippen LogP contribution in [0.2, 0.25) is 0 Å². The number of aryl methyl sites for hydroxylation is 1. The Labute approximate surface area is 79.1 Å². The van der Waals surface area contributed by atoms with Gasteiger partial charge in [-0.2, -0.15) is 0 Å². The van der Waals surface area contributed by atoms with Gasteiger partial charge in [-0.05, 0) is 37.5 Å². The van der Waals surface area contributed by atoms with E-state index < -0.39 is 0 Å². The summed E-state index contributed by atoms with van der Waals surface area (Å²) >= 11 is 0. The fourth-order valence-electron chi connectivity index (χ4n) is 1.95. The van der Waals surface area contributed by atoms with E-state index in [1.54, 1.807) is 0 Å². The number of benzene rings is 1. The highest BCUT2D eigenvalue weighted by molar-refractivity contribution is 5.56. The number of fused-ring (bicyclic) bond motifs is 1. The van der Waals surface area contributed by atoms with Gasteiger partial charge in [0.15, 0.2) is 0 Å². The SMILES string of the molecule is Cc1ccc2c(c1)NC(C)CC2N.